The minimum absolute atomic E-state index is 0.188. The predicted octanol–water partition coefficient (Wildman–Crippen LogP) is 2.17. The van der Waals surface area contributed by atoms with Crippen LogP contribution in [0.2, 0.25) is 5.15 Å². The molecule has 2 rings (SSSR count). The Bertz CT molecular complexity index is 554. The molecule has 1 amide bonds. The van der Waals surface area contributed by atoms with E-state index in [1.807, 2.05) is 6.92 Å². The van der Waals surface area contributed by atoms with E-state index in [-0.39, 0.29) is 16.8 Å². The molecule has 0 atom stereocenters. The van der Waals surface area contributed by atoms with E-state index in [0.717, 1.165) is 10.6 Å². The zero-order chi connectivity index (χ0) is 13.1. The monoisotopic (exact) mass is 282 g/mol. The van der Waals surface area contributed by atoms with Crippen LogP contribution in [0.5, 0.6) is 0 Å². The largest absolute Gasteiger partial charge is 0.335 e. The lowest BCUT2D eigenvalue weighted by atomic mass is 10.3. The first-order valence-electron chi connectivity index (χ1n) is 5.21. The van der Waals surface area contributed by atoms with Crippen molar-refractivity contribution in [2.75, 3.05) is 7.05 Å². The lowest BCUT2D eigenvalue weighted by Gasteiger charge is -2.15. The summed E-state index contributed by atoms with van der Waals surface area (Å²) >= 11 is 7.16. The van der Waals surface area contributed by atoms with Gasteiger partial charge in [0.1, 0.15) is 0 Å². The highest BCUT2D eigenvalue weighted by atomic mass is 35.5. The van der Waals surface area contributed by atoms with Gasteiger partial charge in [0.2, 0.25) is 0 Å². The summed E-state index contributed by atoms with van der Waals surface area (Å²) in [4.78, 5) is 18.9. The standard InChI is InChI=1S/C11H11ClN4OS/c1-7-9(18-6-13-7)5-16(2)11(17)8-3-4-10(12)15-14-8/h3-4,6H,5H2,1-2H3. The Morgan fingerprint density at radius 1 is 1.44 bits per heavy atom. The summed E-state index contributed by atoms with van der Waals surface area (Å²) in [5.74, 6) is -0.188. The van der Waals surface area contributed by atoms with E-state index >= 15 is 0 Å². The fraction of sp³-hybridized carbons (Fsp3) is 0.273. The second-order valence-corrected chi connectivity index (χ2v) is 5.09. The van der Waals surface area contributed by atoms with Gasteiger partial charge in [-0.25, -0.2) is 4.98 Å². The maximum absolute atomic E-state index is 12.1. The number of aromatic nitrogens is 3. The number of thiazole rings is 1. The second-order valence-electron chi connectivity index (χ2n) is 3.76. The van der Waals surface area contributed by atoms with E-state index in [1.54, 1.807) is 29.6 Å². The number of amides is 1. The average molecular weight is 283 g/mol. The Labute approximate surface area is 113 Å². The highest BCUT2D eigenvalue weighted by Gasteiger charge is 2.15. The molecule has 0 bridgehead atoms. The van der Waals surface area contributed by atoms with E-state index in [2.05, 4.69) is 15.2 Å². The predicted molar refractivity (Wildman–Crippen MR) is 69.7 cm³/mol. The first-order valence-corrected chi connectivity index (χ1v) is 6.47. The van der Waals surface area contributed by atoms with Gasteiger partial charge in [0.05, 0.1) is 17.7 Å². The minimum atomic E-state index is -0.188. The normalized spacial score (nSPS) is 10.4. The molecular formula is C11H11ClN4OS. The van der Waals surface area contributed by atoms with Crippen molar-refractivity contribution in [3.8, 4) is 0 Å². The van der Waals surface area contributed by atoms with Gasteiger partial charge in [0.15, 0.2) is 10.8 Å². The topological polar surface area (TPSA) is 59.0 Å². The lowest BCUT2D eigenvalue weighted by Crippen LogP contribution is -2.27. The van der Waals surface area contributed by atoms with Crippen molar-refractivity contribution in [2.24, 2.45) is 0 Å². The molecule has 0 spiro atoms. The van der Waals surface area contributed by atoms with Crippen LogP contribution in [0.4, 0.5) is 0 Å². The molecule has 5 nitrogen and oxygen atoms in total. The van der Waals surface area contributed by atoms with Crippen LogP contribution < -0.4 is 0 Å². The van der Waals surface area contributed by atoms with E-state index in [1.165, 1.54) is 11.3 Å². The van der Waals surface area contributed by atoms with E-state index in [9.17, 15) is 4.79 Å². The van der Waals surface area contributed by atoms with Crippen LogP contribution in [-0.4, -0.2) is 33.0 Å². The molecule has 0 aliphatic carbocycles. The molecule has 0 N–H and O–H groups in total. The number of hydrogen-bond donors (Lipinski definition) is 0. The number of nitrogens with zero attached hydrogens (tertiary/aromatic N) is 4. The lowest BCUT2D eigenvalue weighted by molar-refractivity contribution is 0.0779. The molecule has 0 aliphatic heterocycles. The van der Waals surface area contributed by atoms with E-state index in [4.69, 9.17) is 11.6 Å². The maximum atomic E-state index is 12.1. The van der Waals surface area contributed by atoms with Gasteiger partial charge in [-0.05, 0) is 19.1 Å². The zero-order valence-corrected chi connectivity index (χ0v) is 11.5. The molecule has 94 valence electrons. The Morgan fingerprint density at radius 2 is 2.22 bits per heavy atom. The van der Waals surface area contributed by atoms with Crippen LogP contribution in [-0.2, 0) is 6.54 Å². The quantitative estimate of drug-likeness (QED) is 0.866. The number of carbonyl (C=O) groups is 1. The van der Waals surface area contributed by atoms with E-state index in [0.29, 0.717) is 6.54 Å². The summed E-state index contributed by atoms with van der Waals surface area (Å²) < 4.78 is 0. The summed E-state index contributed by atoms with van der Waals surface area (Å²) in [5, 5.41) is 7.69. The van der Waals surface area contributed by atoms with Crippen molar-refractivity contribution >= 4 is 28.8 Å². The second kappa shape index (κ2) is 5.41. The van der Waals surface area contributed by atoms with Crippen molar-refractivity contribution in [1.29, 1.82) is 0 Å². The Hall–Kier alpha value is -1.53. The van der Waals surface area contributed by atoms with Gasteiger partial charge in [-0.15, -0.1) is 21.5 Å². The van der Waals surface area contributed by atoms with Crippen LogP contribution in [0.1, 0.15) is 21.1 Å². The number of hydrogen-bond acceptors (Lipinski definition) is 5. The maximum Gasteiger partial charge on any atom is 0.274 e. The van der Waals surface area contributed by atoms with Crippen LogP contribution in [0.25, 0.3) is 0 Å². The molecule has 0 unspecified atom stereocenters. The summed E-state index contributed by atoms with van der Waals surface area (Å²) in [6.45, 7) is 2.44. The molecule has 0 saturated carbocycles. The molecular weight excluding hydrogens is 272 g/mol. The Balaban J connectivity index is 2.09. The van der Waals surface area contributed by atoms with Gasteiger partial charge in [-0.1, -0.05) is 11.6 Å². The molecule has 18 heavy (non-hydrogen) atoms. The fourth-order valence-corrected chi connectivity index (χ4v) is 2.32. The molecule has 0 saturated heterocycles. The zero-order valence-electron chi connectivity index (χ0n) is 9.92. The number of aryl methyl sites for hydroxylation is 1. The molecule has 0 radical (unpaired) electrons. The van der Waals surface area contributed by atoms with E-state index < -0.39 is 0 Å². The van der Waals surface area contributed by atoms with Crippen LogP contribution in [0.3, 0.4) is 0 Å². The SMILES string of the molecule is Cc1ncsc1CN(C)C(=O)c1ccc(Cl)nn1. The third-order valence-electron chi connectivity index (χ3n) is 2.42. The van der Waals surface area contributed by atoms with Crippen LogP contribution in [0.15, 0.2) is 17.6 Å². The van der Waals surface area contributed by atoms with Gasteiger partial charge >= 0.3 is 0 Å². The average Bonchev–Trinajstić information content (AvgIpc) is 2.75. The third-order valence-corrected chi connectivity index (χ3v) is 3.54. The van der Waals surface area contributed by atoms with Crippen molar-refractivity contribution in [3.63, 3.8) is 0 Å². The summed E-state index contributed by atoms with van der Waals surface area (Å²) in [6.07, 6.45) is 0. The number of carbonyl (C=O) groups excluding carboxylic acids is 1. The highest BCUT2D eigenvalue weighted by Crippen LogP contribution is 2.15. The summed E-state index contributed by atoms with van der Waals surface area (Å²) in [6, 6.07) is 3.11. The van der Waals surface area contributed by atoms with Crippen molar-refractivity contribution in [3.05, 3.63) is 39.1 Å². The van der Waals surface area contributed by atoms with Gasteiger partial charge in [0.25, 0.3) is 5.91 Å². The van der Waals surface area contributed by atoms with Gasteiger partial charge in [0, 0.05) is 11.9 Å². The van der Waals surface area contributed by atoms with Gasteiger partial charge in [-0.3, -0.25) is 4.79 Å². The summed E-state index contributed by atoms with van der Waals surface area (Å²) in [7, 11) is 1.72. The molecule has 0 aromatic carbocycles. The molecule has 2 aromatic heterocycles. The Kier molecular flexibility index (Phi) is 3.88. The van der Waals surface area contributed by atoms with Crippen molar-refractivity contribution in [2.45, 2.75) is 13.5 Å². The first kappa shape index (κ1) is 12.9. The van der Waals surface area contributed by atoms with Crippen molar-refractivity contribution in [1.82, 2.24) is 20.1 Å². The Morgan fingerprint density at radius 3 is 2.78 bits per heavy atom. The molecule has 2 heterocycles. The fourth-order valence-electron chi connectivity index (χ4n) is 1.39. The first-order chi connectivity index (χ1) is 8.58. The molecule has 2 aromatic rings. The van der Waals surface area contributed by atoms with Gasteiger partial charge < -0.3 is 4.90 Å². The van der Waals surface area contributed by atoms with Crippen LogP contribution in [0, 0.1) is 6.92 Å². The van der Waals surface area contributed by atoms with Crippen LogP contribution >= 0.6 is 22.9 Å². The molecule has 7 heteroatoms. The highest BCUT2D eigenvalue weighted by molar-refractivity contribution is 7.09. The van der Waals surface area contributed by atoms with Crippen molar-refractivity contribution < 1.29 is 4.79 Å². The molecule has 0 aliphatic rings. The minimum Gasteiger partial charge on any atom is -0.335 e. The number of rotatable bonds is 3. The molecule has 0 fully saturated rings. The smallest absolute Gasteiger partial charge is 0.274 e. The summed E-state index contributed by atoms with van der Waals surface area (Å²) in [5.41, 5.74) is 3.00. The third kappa shape index (κ3) is 2.83. The number of halogens is 1. The van der Waals surface area contributed by atoms with Gasteiger partial charge in [-0.2, -0.15) is 0 Å².